The van der Waals surface area contributed by atoms with Gasteiger partial charge in [0.15, 0.2) is 0 Å². The summed E-state index contributed by atoms with van der Waals surface area (Å²) in [7, 11) is 0. The third-order valence-corrected chi connectivity index (χ3v) is 3.56. The van der Waals surface area contributed by atoms with Crippen LogP contribution in [0.25, 0.3) is 0 Å². The van der Waals surface area contributed by atoms with E-state index in [9.17, 15) is 14.7 Å². The molecule has 1 aliphatic rings. The first-order valence-corrected chi connectivity index (χ1v) is 5.78. The minimum atomic E-state index is -1.11. The summed E-state index contributed by atoms with van der Waals surface area (Å²) in [6.45, 7) is 1.79. The maximum absolute atomic E-state index is 11.5. The molecule has 18 heavy (non-hydrogen) atoms. The Labute approximate surface area is 105 Å². The molecule has 0 radical (unpaired) electrons. The van der Waals surface area contributed by atoms with E-state index in [0.717, 1.165) is 0 Å². The van der Waals surface area contributed by atoms with E-state index in [2.05, 4.69) is 0 Å². The van der Waals surface area contributed by atoms with E-state index in [1.807, 2.05) is 0 Å². The smallest absolute Gasteiger partial charge is 0.318 e. The quantitative estimate of drug-likeness (QED) is 0.801. The number of aliphatic carboxylic acids is 2. The van der Waals surface area contributed by atoms with Gasteiger partial charge in [0.05, 0.1) is 0 Å². The van der Waals surface area contributed by atoms with Crippen LogP contribution >= 0.6 is 0 Å². The lowest BCUT2D eigenvalue weighted by molar-refractivity contribution is -0.143. The van der Waals surface area contributed by atoms with Crippen LogP contribution in [-0.4, -0.2) is 22.2 Å². The van der Waals surface area contributed by atoms with Crippen molar-refractivity contribution in [1.82, 2.24) is 0 Å². The molecule has 1 aromatic rings. The van der Waals surface area contributed by atoms with Crippen LogP contribution in [0.3, 0.4) is 0 Å². The van der Waals surface area contributed by atoms with Crippen LogP contribution in [0, 0.1) is 0 Å². The molecule has 0 amide bonds. The van der Waals surface area contributed by atoms with Gasteiger partial charge in [-0.3, -0.25) is 9.59 Å². The van der Waals surface area contributed by atoms with Gasteiger partial charge in [-0.2, -0.15) is 0 Å². The third kappa shape index (κ3) is 1.61. The molecule has 0 unspecified atom stereocenters. The van der Waals surface area contributed by atoms with E-state index < -0.39 is 23.3 Å². The molecule has 0 heterocycles. The fraction of sp³-hybridized carbons (Fsp3) is 0.286. The third-order valence-electron chi connectivity index (χ3n) is 3.56. The van der Waals surface area contributed by atoms with Gasteiger partial charge in [-0.25, -0.2) is 0 Å². The highest BCUT2D eigenvalue weighted by Crippen LogP contribution is 2.40. The van der Waals surface area contributed by atoms with Crippen molar-refractivity contribution in [1.29, 1.82) is 0 Å². The topological polar surface area (TPSA) is 74.6 Å². The fourth-order valence-electron chi connectivity index (χ4n) is 2.49. The monoisotopic (exact) mass is 246 g/mol. The molecular formula is C14H14O4. The summed E-state index contributed by atoms with van der Waals surface area (Å²) in [5, 5.41) is 18.6. The Morgan fingerprint density at radius 2 is 1.94 bits per heavy atom. The minimum Gasteiger partial charge on any atom is -0.481 e. The molecule has 0 spiro atoms. The predicted molar refractivity (Wildman–Crippen MR) is 65.6 cm³/mol. The average Bonchev–Trinajstić information content (AvgIpc) is 2.36. The van der Waals surface area contributed by atoms with Crippen molar-refractivity contribution in [3.8, 4) is 0 Å². The van der Waals surface area contributed by atoms with Gasteiger partial charge in [-0.15, -0.1) is 0 Å². The zero-order valence-electron chi connectivity index (χ0n) is 9.96. The van der Waals surface area contributed by atoms with Gasteiger partial charge in [0.25, 0.3) is 0 Å². The number of carbonyl (C=O) groups is 2. The second-order valence-electron chi connectivity index (χ2n) is 4.39. The van der Waals surface area contributed by atoms with E-state index in [4.69, 9.17) is 5.11 Å². The Hall–Kier alpha value is -2.10. The normalized spacial score (nSPS) is 25.5. The Morgan fingerprint density at radius 1 is 1.28 bits per heavy atom. The van der Waals surface area contributed by atoms with Gasteiger partial charge >= 0.3 is 11.9 Å². The maximum atomic E-state index is 11.5. The molecule has 0 saturated heterocycles. The first-order valence-electron chi connectivity index (χ1n) is 5.78. The maximum Gasteiger partial charge on any atom is 0.318 e. The minimum absolute atomic E-state index is 0.391. The van der Waals surface area contributed by atoms with Crippen molar-refractivity contribution in [2.45, 2.75) is 24.7 Å². The van der Waals surface area contributed by atoms with Gasteiger partial charge in [0, 0.05) is 0 Å². The summed E-state index contributed by atoms with van der Waals surface area (Å²) in [6.07, 6.45) is 3.38. The standard InChI is InChI=1S/C14H14O4/c1-2-14(13(17)18)8-7-10(12(15)16)9-5-3-4-6-11(9)14/h3-8,10H,2H2,1H3,(H,15,16)(H,17,18)/t10-,14+/m1/s1. The van der Waals surface area contributed by atoms with Gasteiger partial charge in [0.2, 0.25) is 0 Å². The zero-order valence-corrected chi connectivity index (χ0v) is 9.96. The molecule has 0 aromatic heterocycles. The van der Waals surface area contributed by atoms with Crippen molar-refractivity contribution in [2.75, 3.05) is 0 Å². The number of hydrogen-bond acceptors (Lipinski definition) is 2. The largest absolute Gasteiger partial charge is 0.481 e. The molecule has 2 atom stereocenters. The molecule has 0 saturated carbocycles. The SMILES string of the molecule is CC[C@]1(C(=O)O)C=C[C@@H](C(=O)O)c2ccccc21. The molecule has 2 N–H and O–H groups in total. The van der Waals surface area contributed by atoms with E-state index >= 15 is 0 Å². The van der Waals surface area contributed by atoms with Gasteiger partial charge in [0.1, 0.15) is 11.3 Å². The Balaban J connectivity index is 2.67. The van der Waals surface area contributed by atoms with E-state index in [1.165, 1.54) is 12.2 Å². The van der Waals surface area contributed by atoms with E-state index in [-0.39, 0.29) is 0 Å². The summed E-state index contributed by atoms with van der Waals surface area (Å²) >= 11 is 0. The van der Waals surface area contributed by atoms with Crippen LogP contribution < -0.4 is 0 Å². The highest BCUT2D eigenvalue weighted by atomic mass is 16.4. The Kier molecular flexibility index (Phi) is 2.95. The van der Waals surface area contributed by atoms with Crippen molar-refractivity contribution < 1.29 is 19.8 Å². The van der Waals surface area contributed by atoms with Crippen molar-refractivity contribution in [3.63, 3.8) is 0 Å². The van der Waals surface area contributed by atoms with Crippen LogP contribution in [0.4, 0.5) is 0 Å². The van der Waals surface area contributed by atoms with Gasteiger partial charge < -0.3 is 10.2 Å². The molecule has 1 aromatic carbocycles. The molecule has 1 aliphatic carbocycles. The van der Waals surface area contributed by atoms with Crippen molar-refractivity contribution in [2.24, 2.45) is 0 Å². The average molecular weight is 246 g/mol. The molecular weight excluding hydrogens is 232 g/mol. The molecule has 94 valence electrons. The second kappa shape index (κ2) is 4.29. The van der Waals surface area contributed by atoms with Crippen LogP contribution in [0.5, 0.6) is 0 Å². The van der Waals surface area contributed by atoms with Gasteiger partial charge in [-0.1, -0.05) is 43.3 Å². The van der Waals surface area contributed by atoms with Crippen molar-refractivity contribution in [3.05, 3.63) is 47.5 Å². The number of carboxylic acids is 2. The first-order chi connectivity index (χ1) is 8.53. The Morgan fingerprint density at radius 3 is 2.50 bits per heavy atom. The Bertz CT molecular complexity index is 532. The number of fused-ring (bicyclic) bond motifs is 1. The molecule has 4 heteroatoms. The lowest BCUT2D eigenvalue weighted by Gasteiger charge is -2.32. The lowest BCUT2D eigenvalue weighted by Crippen LogP contribution is -2.37. The summed E-state index contributed by atoms with van der Waals surface area (Å²) < 4.78 is 0. The van der Waals surface area contributed by atoms with Crippen LogP contribution in [0.1, 0.15) is 30.4 Å². The summed E-state index contributed by atoms with van der Waals surface area (Å²) in [5.41, 5.74) is 0.0365. The van der Waals surface area contributed by atoms with Gasteiger partial charge in [-0.05, 0) is 17.5 Å². The molecule has 0 fully saturated rings. The van der Waals surface area contributed by atoms with E-state index in [1.54, 1.807) is 31.2 Å². The first kappa shape index (κ1) is 12.4. The van der Waals surface area contributed by atoms with Crippen LogP contribution in [-0.2, 0) is 15.0 Å². The zero-order chi connectivity index (χ0) is 13.3. The summed E-state index contributed by atoms with van der Waals surface area (Å²) in [5.74, 6) is -2.67. The predicted octanol–water partition coefficient (Wildman–Crippen LogP) is 2.16. The summed E-state index contributed by atoms with van der Waals surface area (Å²) in [4.78, 5) is 22.7. The fourth-order valence-corrected chi connectivity index (χ4v) is 2.49. The molecule has 0 aliphatic heterocycles. The highest BCUT2D eigenvalue weighted by Gasteiger charge is 2.42. The second-order valence-corrected chi connectivity index (χ2v) is 4.39. The lowest BCUT2D eigenvalue weighted by atomic mass is 9.69. The number of hydrogen-bond donors (Lipinski definition) is 2. The van der Waals surface area contributed by atoms with Crippen LogP contribution in [0.2, 0.25) is 0 Å². The number of benzene rings is 1. The van der Waals surface area contributed by atoms with Crippen molar-refractivity contribution >= 4 is 11.9 Å². The number of rotatable bonds is 3. The van der Waals surface area contributed by atoms with Crippen LogP contribution in [0.15, 0.2) is 36.4 Å². The highest BCUT2D eigenvalue weighted by molar-refractivity contribution is 5.89. The molecule has 0 bridgehead atoms. The summed E-state index contributed by atoms with van der Waals surface area (Å²) in [6, 6.07) is 6.86. The number of carboxylic acid groups (broad SMARTS) is 2. The molecule has 2 rings (SSSR count). The molecule has 4 nitrogen and oxygen atoms in total. The van der Waals surface area contributed by atoms with E-state index in [0.29, 0.717) is 17.5 Å².